The van der Waals surface area contributed by atoms with Crippen LogP contribution in [0.3, 0.4) is 0 Å². The summed E-state index contributed by atoms with van der Waals surface area (Å²) >= 11 is 0. The van der Waals surface area contributed by atoms with Crippen LogP contribution in [-0.2, 0) is 9.59 Å². The molecule has 0 aliphatic carbocycles. The summed E-state index contributed by atoms with van der Waals surface area (Å²) in [5.74, 6) is -1.25. The van der Waals surface area contributed by atoms with Crippen LogP contribution in [-0.4, -0.2) is 32.6 Å². The summed E-state index contributed by atoms with van der Waals surface area (Å²) in [4.78, 5) is 27.5. The average molecular weight is 295 g/mol. The lowest BCUT2D eigenvalue weighted by atomic mass is 9.86. The molecular formula is C15H25N3O3. The SMILES string of the molecule is CCCC(CC(=O)NC(C(=O)O)C(C)(C)C)n1ccnc1. The van der Waals surface area contributed by atoms with Crippen molar-refractivity contribution in [3.63, 3.8) is 0 Å². The summed E-state index contributed by atoms with van der Waals surface area (Å²) in [5.41, 5.74) is -0.531. The molecule has 1 heterocycles. The number of nitrogens with one attached hydrogen (secondary N) is 1. The molecule has 1 amide bonds. The van der Waals surface area contributed by atoms with Crippen LogP contribution in [0.25, 0.3) is 0 Å². The molecule has 0 radical (unpaired) electrons. The molecule has 0 aliphatic rings. The largest absolute Gasteiger partial charge is 0.480 e. The molecule has 2 N–H and O–H groups in total. The second-order valence-corrected chi connectivity index (χ2v) is 6.36. The van der Waals surface area contributed by atoms with Gasteiger partial charge in [-0.2, -0.15) is 0 Å². The third kappa shape index (κ3) is 5.21. The number of imidazole rings is 1. The van der Waals surface area contributed by atoms with Crippen LogP contribution in [0.5, 0.6) is 0 Å². The standard InChI is InChI=1S/C15H25N3O3/c1-5-6-11(18-8-7-16-10-18)9-12(19)17-13(14(20)21)15(2,3)4/h7-8,10-11,13H,5-6,9H2,1-4H3,(H,17,19)(H,20,21). The van der Waals surface area contributed by atoms with E-state index in [0.717, 1.165) is 12.8 Å². The Hall–Kier alpha value is -1.85. The van der Waals surface area contributed by atoms with E-state index in [1.165, 1.54) is 0 Å². The van der Waals surface area contributed by atoms with Crippen molar-refractivity contribution in [2.24, 2.45) is 5.41 Å². The normalized spacial score (nSPS) is 14.5. The fraction of sp³-hybridized carbons (Fsp3) is 0.667. The maximum Gasteiger partial charge on any atom is 0.326 e. The van der Waals surface area contributed by atoms with Crippen molar-refractivity contribution in [1.82, 2.24) is 14.9 Å². The second-order valence-electron chi connectivity index (χ2n) is 6.36. The maximum absolute atomic E-state index is 12.2. The number of aliphatic carboxylic acids is 1. The van der Waals surface area contributed by atoms with E-state index in [4.69, 9.17) is 0 Å². The summed E-state index contributed by atoms with van der Waals surface area (Å²) in [6.45, 7) is 7.44. The summed E-state index contributed by atoms with van der Waals surface area (Å²) in [7, 11) is 0. The molecule has 0 bridgehead atoms. The second kappa shape index (κ2) is 7.24. The number of nitrogens with zero attached hydrogens (tertiary/aromatic N) is 2. The zero-order valence-corrected chi connectivity index (χ0v) is 13.2. The summed E-state index contributed by atoms with van der Waals surface area (Å²) in [6.07, 6.45) is 7.23. The van der Waals surface area contributed by atoms with Gasteiger partial charge in [-0.1, -0.05) is 34.1 Å². The first-order valence-electron chi connectivity index (χ1n) is 7.25. The molecule has 0 aromatic carbocycles. The zero-order valence-electron chi connectivity index (χ0n) is 13.2. The first kappa shape index (κ1) is 17.2. The first-order valence-corrected chi connectivity index (χ1v) is 7.25. The fourth-order valence-corrected chi connectivity index (χ4v) is 2.26. The Morgan fingerprint density at radius 1 is 1.38 bits per heavy atom. The average Bonchev–Trinajstić information content (AvgIpc) is 2.87. The zero-order chi connectivity index (χ0) is 16.0. The third-order valence-corrected chi connectivity index (χ3v) is 3.41. The highest BCUT2D eigenvalue weighted by Gasteiger charge is 2.33. The van der Waals surface area contributed by atoms with Gasteiger partial charge >= 0.3 is 5.97 Å². The number of hydrogen-bond donors (Lipinski definition) is 2. The molecule has 21 heavy (non-hydrogen) atoms. The van der Waals surface area contributed by atoms with E-state index in [2.05, 4.69) is 17.2 Å². The Labute approximate surface area is 125 Å². The van der Waals surface area contributed by atoms with Gasteiger partial charge in [0.2, 0.25) is 5.91 Å². The number of carboxylic acid groups (broad SMARTS) is 1. The van der Waals surface area contributed by atoms with Crippen molar-refractivity contribution >= 4 is 11.9 Å². The van der Waals surface area contributed by atoms with Crippen molar-refractivity contribution in [2.75, 3.05) is 0 Å². The van der Waals surface area contributed by atoms with Gasteiger partial charge in [-0.15, -0.1) is 0 Å². The van der Waals surface area contributed by atoms with Gasteiger partial charge in [0, 0.05) is 24.9 Å². The predicted octanol–water partition coefficient (Wildman–Crippen LogP) is 2.23. The molecule has 118 valence electrons. The van der Waals surface area contributed by atoms with E-state index in [-0.39, 0.29) is 18.4 Å². The van der Waals surface area contributed by atoms with Crippen molar-refractivity contribution in [3.8, 4) is 0 Å². The lowest BCUT2D eigenvalue weighted by Crippen LogP contribution is -2.49. The number of amides is 1. The molecule has 1 aromatic rings. The van der Waals surface area contributed by atoms with Gasteiger partial charge in [0.15, 0.2) is 0 Å². The predicted molar refractivity (Wildman–Crippen MR) is 79.8 cm³/mol. The number of carbonyl (C=O) groups is 2. The topological polar surface area (TPSA) is 84.2 Å². The number of aromatic nitrogens is 2. The lowest BCUT2D eigenvalue weighted by molar-refractivity contribution is -0.145. The number of carbonyl (C=O) groups excluding carboxylic acids is 1. The Kier molecular flexibility index (Phi) is 5.93. The van der Waals surface area contributed by atoms with Crippen molar-refractivity contribution in [3.05, 3.63) is 18.7 Å². The minimum atomic E-state index is -1.01. The van der Waals surface area contributed by atoms with Gasteiger partial charge in [-0.25, -0.2) is 9.78 Å². The van der Waals surface area contributed by atoms with Crippen LogP contribution < -0.4 is 5.32 Å². The molecule has 0 saturated heterocycles. The van der Waals surface area contributed by atoms with Crippen LogP contribution in [0.15, 0.2) is 18.7 Å². The van der Waals surface area contributed by atoms with Crippen LogP contribution >= 0.6 is 0 Å². The molecule has 6 nitrogen and oxygen atoms in total. The monoisotopic (exact) mass is 295 g/mol. The summed E-state index contributed by atoms with van der Waals surface area (Å²) in [6, 6.07) is -0.887. The molecule has 1 rings (SSSR count). The minimum absolute atomic E-state index is 0.00640. The molecule has 0 spiro atoms. The van der Waals surface area contributed by atoms with Gasteiger partial charge in [-0.05, 0) is 11.8 Å². The van der Waals surface area contributed by atoms with E-state index in [1.54, 1.807) is 33.3 Å². The Bertz CT molecular complexity index is 463. The number of rotatable bonds is 7. The van der Waals surface area contributed by atoms with Gasteiger partial charge in [0.05, 0.1) is 6.33 Å². The van der Waals surface area contributed by atoms with E-state index in [9.17, 15) is 14.7 Å². The van der Waals surface area contributed by atoms with Crippen molar-refractivity contribution < 1.29 is 14.7 Å². The molecule has 2 atom stereocenters. The van der Waals surface area contributed by atoms with E-state index in [1.807, 2.05) is 10.8 Å². The maximum atomic E-state index is 12.2. The quantitative estimate of drug-likeness (QED) is 0.808. The van der Waals surface area contributed by atoms with Crippen LogP contribution in [0.2, 0.25) is 0 Å². The van der Waals surface area contributed by atoms with Gasteiger partial charge in [-0.3, -0.25) is 4.79 Å². The number of hydrogen-bond acceptors (Lipinski definition) is 3. The Morgan fingerprint density at radius 2 is 2.05 bits per heavy atom. The van der Waals surface area contributed by atoms with Crippen LogP contribution in [0.1, 0.15) is 53.0 Å². The highest BCUT2D eigenvalue weighted by atomic mass is 16.4. The van der Waals surface area contributed by atoms with Crippen LogP contribution in [0, 0.1) is 5.41 Å². The lowest BCUT2D eigenvalue weighted by Gasteiger charge is -2.28. The van der Waals surface area contributed by atoms with Crippen molar-refractivity contribution in [1.29, 1.82) is 0 Å². The third-order valence-electron chi connectivity index (χ3n) is 3.41. The summed E-state index contributed by atoms with van der Waals surface area (Å²) < 4.78 is 1.90. The molecule has 2 unspecified atom stereocenters. The smallest absolute Gasteiger partial charge is 0.326 e. The van der Waals surface area contributed by atoms with E-state index < -0.39 is 17.4 Å². The Balaban J connectivity index is 2.72. The fourth-order valence-electron chi connectivity index (χ4n) is 2.26. The van der Waals surface area contributed by atoms with Crippen LogP contribution in [0.4, 0.5) is 0 Å². The van der Waals surface area contributed by atoms with Gasteiger partial charge in [0.1, 0.15) is 6.04 Å². The highest BCUT2D eigenvalue weighted by Crippen LogP contribution is 2.21. The number of carboxylic acids is 1. The molecule has 0 saturated carbocycles. The van der Waals surface area contributed by atoms with Crippen molar-refractivity contribution in [2.45, 2.75) is 59.0 Å². The Morgan fingerprint density at radius 3 is 2.48 bits per heavy atom. The first-order chi connectivity index (χ1) is 9.75. The van der Waals surface area contributed by atoms with Gasteiger partial charge < -0.3 is 15.0 Å². The minimum Gasteiger partial charge on any atom is -0.480 e. The highest BCUT2D eigenvalue weighted by molar-refractivity contribution is 5.84. The van der Waals surface area contributed by atoms with E-state index >= 15 is 0 Å². The molecule has 0 aliphatic heterocycles. The van der Waals surface area contributed by atoms with E-state index in [0.29, 0.717) is 0 Å². The molecular weight excluding hydrogens is 270 g/mol. The molecule has 0 fully saturated rings. The summed E-state index contributed by atoms with van der Waals surface area (Å²) in [5, 5.41) is 11.9. The molecule has 6 heteroatoms. The van der Waals surface area contributed by atoms with Gasteiger partial charge in [0.25, 0.3) is 0 Å². The molecule has 1 aromatic heterocycles.